The molecule has 0 atom stereocenters. The minimum Gasteiger partial charge on any atom is -0.313 e. The molecule has 3 heterocycles. The van der Waals surface area contributed by atoms with E-state index >= 15 is 0 Å². The molecule has 23 heavy (non-hydrogen) atoms. The van der Waals surface area contributed by atoms with Crippen LogP contribution in [0, 0.1) is 0 Å². The Hall–Kier alpha value is -2.66. The third kappa shape index (κ3) is 2.29. The van der Waals surface area contributed by atoms with Crippen LogP contribution in [0.15, 0.2) is 53.5 Å². The average molecular weight is 306 g/mol. The molecule has 1 aromatic carbocycles. The van der Waals surface area contributed by atoms with Gasteiger partial charge in [-0.2, -0.15) is 0 Å². The zero-order chi connectivity index (χ0) is 15.8. The predicted molar refractivity (Wildman–Crippen MR) is 91.8 cm³/mol. The summed E-state index contributed by atoms with van der Waals surface area (Å²) in [6, 6.07) is 11.8. The summed E-state index contributed by atoms with van der Waals surface area (Å²) in [6.45, 7) is 1.87. The van der Waals surface area contributed by atoms with Gasteiger partial charge in [-0.05, 0) is 42.8 Å². The van der Waals surface area contributed by atoms with E-state index in [0.29, 0.717) is 0 Å². The molecule has 5 nitrogen and oxygen atoms in total. The van der Waals surface area contributed by atoms with Crippen LogP contribution < -0.4 is 11.0 Å². The Kier molecular flexibility index (Phi) is 3.35. The molecular weight excluding hydrogens is 288 g/mol. The van der Waals surface area contributed by atoms with Crippen molar-refractivity contribution in [1.29, 1.82) is 0 Å². The summed E-state index contributed by atoms with van der Waals surface area (Å²) in [5.74, 6) is 0. The monoisotopic (exact) mass is 306 g/mol. The highest BCUT2D eigenvalue weighted by Crippen LogP contribution is 2.20. The quantitative estimate of drug-likeness (QED) is 0.789. The van der Waals surface area contributed by atoms with Crippen LogP contribution >= 0.6 is 0 Å². The molecule has 0 saturated carbocycles. The van der Waals surface area contributed by atoms with E-state index in [0.717, 1.165) is 41.9 Å². The van der Waals surface area contributed by atoms with Crippen molar-refractivity contribution in [3.8, 4) is 5.69 Å². The van der Waals surface area contributed by atoms with Gasteiger partial charge in [-0.1, -0.05) is 18.2 Å². The van der Waals surface area contributed by atoms with E-state index in [4.69, 9.17) is 0 Å². The van der Waals surface area contributed by atoms with E-state index in [-0.39, 0.29) is 5.69 Å². The van der Waals surface area contributed by atoms with Gasteiger partial charge < -0.3 is 5.32 Å². The number of hydrogen-bond acceptors (Lipinski definition) is 3. The Morgan fingerprint density at radius 3 is 2.65 bits per heavy atom. The lowest BCUT2D eigenvalue weighted by Gasteiger charge is -2.13. The van der Waals surface area contributed by atoms with Crippen molar-refractivity contribution >= 4 is 16.6 Å². The summed E-state index contributed by atoms with van der Waals surface area (Å²) in [5, 5.41) is 3.30. The lowest BCUT2D eigenvalue weighted by Crippen LogP contribution is -2.21. The summed E-state index contributed by atoms with van der Waals surface area (Å²) in [6.07, 6.45) is 4.95. The van der Waals surface area contributed by atoms with Gasteiger partial charge in [-0.25, -0.2) is 4.79 Å². The van der Waals surface area contributed by atoms with Crippen molar-refractivity contribution in [1.82, 2.24) is 19.4 Å². The molecule has 0 unspecified atom stereocenters. The van der Waals surface area contributed by atoms with Crippen molar-refractivity contribution in [2.45, 2.75) is 6.42 Å². The fraction of sp³-hybridized carbons (Fsp3) is 0.222. The van der Waals surface area contributed by atoms with Gasteiger partial charge in [0, 0.05) is 13.6 Å². The number of imidazole rings is 1. The topological polar surface area (TPSA) is 51.9 Å². The number of benzene rings is 1. The molecule has 0 aliphatic carbocycles. The number of fused-ring (bicyclic) bond motifs is 1. The van der Waals surface area contributed by atoms with E-state index in [9.17, 15) is 4.79 Å². The lowest BCUT2D eigenvalue weighted by molar-refractivity contribution is 0.736. The molecule has 4 rings (SSSR count). The fourth-order valence-corrected chi connectivity index (χ4v) is 3.11. The molecule has 116 valence electrons. The number of aryl methyl sites for hydroxylation is 1. The van der Waals surface area contributed by atoms with E-state index < -0.39 is 0 Å². The van der Waals surface area contributed by atoms with E-state index in [2.05, 4.69) is 16.4 Å². The number of para-hydroxylation sites is 2. The van der Waals surface area contributed by atoms with Crippen molar-refractivity contribution in [3.05, 3.63) is 64.8 Å². The zero-order valence-corrected chi connectivity index (χ0v) is 13.0. The first kappa shape index (κ1) is 14.0. The standard InChI is InChI=1S/C18H18N4O/c1-21-16-4-2-3-5-17(16)22(18(21)23)14-6-7-15(20-12-14)13-8-10-19-11-9-13/h2-8,12,19H,9-11H2,1H3. The van der Waals surface area contributed by atoms with Crippen LogP contribution in [-0.2, 0) is 7.05 Å². The third-order valence-electron chi connectivity index (χ3n) is 4.36. The molecule has 2 aromatic heterocycles. The summed E-state index contributed by atoms with van der Waals surface area (Å²) in [7, 11) is 1.79. The number of nitrogens with one attached hydrogen (secondary N) is 1. The molecule has 1 N–H and O–H groups in total. The maximum absolute atomic E-state index is 12.6. The lowest BCUT2D eigenvalue weighted by atomic mass is 10.1. The number of hydrogen-bond donors (Lipinski definition) is 1. The minimum atomic E-state index is -0.0539. The summed E-state index contributed by atoms with van der Waals surface area (Å²) >= 11 is 0. The Labute approximate surface area is 133 Å². The Bertz CT molecular complexity index is 947. The van der Waals surface area contributed by atoms with Crippen molar-refractivity contribution < 1.29 is 0 Å². The first-order valence-corrected chi connectivity index (χ1v) is 7.79. The summed E-state index contributed by atoms with van der Waals surface area (Å²) < 4.78 is 3.38. The molecule has 0 fully saturated rings. The van der Waals surface area contributed by atoms with Crippen molar-refractivity contribution in [3.63, 3.8) is 0 Å². The average Bonchev–Trinajstić information content (AvgIpc) is 2.87. The highest BCUT2D eigenvalue weighted by atomic mass is 16.1. The minimum absolute atomic E-state index is 0.0539. The highest BCUT2D eigenvalue weighted by Gasteiger charge is 2.13. The molecular formula is C18H18N4O. The van der Waals surface area contributed by atoms with Crippen LogP contribution in [0.1, 0.15) is 12.1 Å². The molecule has 1 aliphatic heterocycles. The van der Waals surface area contributed by atoms with E-state index in [1.54, 1.807) is 22.4 Å². The van der Waals surface area contributed by atoms with Gasteiger partial charge in [0.25, 0.3) is 0 Å². The second-order valence-corrected chi connectivity index (χ2v) is 5.75. The summed E-state index contributed by atoms with van der Waals surface area (Å²) in [4.78, 5) is 17.1. The number of rotatable bonds is 2. The fourth-order valence-electron chi connectivity index (χ4n) is 3.11. The predicted octanol–water partition coefficient (Wildman–Crippen LogP) is 2.10. The van der Waals surface area contributed by atoms with Gasteiger partial charge in [-0.15, -0.1) is 0 Å². The molecule has 0 saturated heterocycles. The van der Waals surface area contributed by atoms with Gasteiger partial charge in [0.05, 0.1) is 28.6 Å². The molecule has 0 amide bonds. The Morgan fingerprint density at radius 1 is 1.13 bits per heavy atom. The molecule has 0 radical (unpaired) electrons. The highest BCUT2D eigenvalue weighted by molar-refractivity contribution is 5.78. The number of aromatic nitrogens is 3. The van der Waals surface area contributed by atoms with Gasteiger partial charge in [0.2, 0.25) is 0 Å². The van der Waals surface area contributed by atoms with Crippen LogP contribution in [0.2, 0.25) is 0 Å². The maximum atomic E-state index is 12.6. The van der Waals surface area contributed by atoms with Crippen LogP contribution in [0.5, 0.6) is 0 Å². The second-order valence-electron chi connectivity index (χ2n) is 5.75. The maximum Gasteiger partial charge on any atom is 0.333 e. The zero-order valence-electron chi connectivity index (χ0n) is 13.0. The Balaban J connectivity index is 1.81. The van der Waals surface area contributed by atoms with Crippen LogP contribution in [0.25, 0.3) is 22.3 Å². The van der Waals surface area contributed by atoms with Gasteiger partial charge in [0.1, 0.15) is 0 Å². The molecule has 1 aliphatic rings. The normalized spacial score (nSPS) is 14.9. The van der Waals surface area contributed by atoms with Crippen molar-refractivity contribution in [2.75, 3.05) is 13.1 Å². The first-order chi connectivity index (χ1) is 11.3. The first-order valence-electron chi connectivity index (χ1n) is 7.79. The SMILES string of the molecule is Cn1c(=O)n(-c2ccc(C3=CCNCC3)nc2)c2ccccc21. The van der Waals surface area contributed by atoms with Gasteiger partial charge in [-0.3, -0.25) is 14.1 Å². The third-order valence-corrected chi connectivity index (χ3v) is 4.36. The van der Waals surface area contributed by atoms with E-state index in [1.807, 2.05) is 36.4 Å². The van der Waals surface area contributed by atoms with Crippen LogP contribution in [0.3, 0.4) is 0 Å². The van der Waals surface area contributed by atoms with Crippen LogP contribution in [0.4, 0.5) is 0 Å². The Morgan fingerprint density at radius 2 is 1.96 bits per heavy atom. The largest absolute Gasteiger partial charge is 0.333 e. The number of pyridine rings is 1. The second kappa shape index (κ2) is 5.52. The molecule has 3 aromatic rings. The van der Waals surface area contributed by atoms with Gasteiger partial charge in [0.15, 0.2) is 0 Å². The van der Waals surface area contributed by atoms with Crippen molar-refractivity contribution in [2.24, 2.45) is 7.05 Å². The smallest absolute Gasteiger partial charge is 0.313 e. The molecule has 5 heteroatoms. The summed E-state index contributed by atoms with van der Waals surface area (Å²) in [5.41, 5.74) is 4.81. The molecule has 0 bridgehead atoms. The van der Waals surface area contributed by atoms with E-state index in [1.165, 1.54) is 5.57 Å². The van der Waals surface area contributed by atoms with Crippen LogP contribution in [-0.4, -0.2) is 27.2 Å². The number of nitrogens with zero attached hydrogens (tertiary/aromatic N) is 3. The van der Waals surface area contributed by atoms with Gasteiger partial charge >= 0.3 is 5.69 Å². The molecule has 0 spiro atoms.